The van der Waals surface area contributed by atoms with Gasteiger partial charge in [0.25, 0.3) is 0 Å². The van der Waals surface area contributed by atoms with E-state index in [2.05, 4.69) is 20.3 Å². The van der Waals surface area contributed by atoms with Crippen LogP contribution in [0.25, 0.3) is 0 Å². The van der Waals surface area contributed by atoms with Gasteiger partial charge >= 0.3 is 0 Å². The van der Waals surface area contributed by atoms with Gasteiger partial charge in [-0.25, -0.2) is 0 Å². The van der Waals surface area contributed by atoms with E-state index >= 15 is 0 Å². The Labute approximate surface area is 152 Å². The van der Waals surface area contributed by atoms with Crippen LogP contribution in [0.2, 0.25) is 0 Å². The van der Waals surface area contributed by atoms with Crippen LogP contribution in [0.5, 0.6) is 0 Å². The number of aromatic nitrogens is 4. The van der Waals surface area contributed by atoms with E-state index in [0.29, 0.717) is 17.2 Å². The lowest BCUT2D eigenvalue weighted by Crippen LogP contribution is -2.52. The zero-order valence-corrected chi connectivity index (χ0v) is 15.1. The zero-order valence-electron chi connectivity index (χ0n) is 15.1. The van der Waals surface area contributed by atoms with Crippen molar-refractivity contribution in [3.63, 3.8) is 0 Å². The number of hydrogen-bond acceptors (Lipinski definition) is 5. The third-order valence-corrected chi connectivity index (χ3v) is 7.20. The van der Waals surface area contributed by atoms with E-state index in [1.165, 1.54) is 30.4 Å². The molecule has 4 fully saturated rings. The molecule has 1 aromatic heterocycles. The first-order chi connectivity index (χ1) is 12.6. The molecule has 2 spiro atoms. The zero-order chi connectivity index (χ0) is 17.8. The summed E-state index contributed by atoms with van der Waals surface area (Å²) in [6, 6.07) is 0. The first kappa shape index (κ1) is 16.2. The Morgan fingerprint density at radius 1 is 1.04 bits per heavy atom. The van der Waals surface area contributed by atoms with E-state index in [4.69, 9.17) is 0 Å². The van der Waals surface area contributed by atoms with Gasteiger partial charge in [-0.2, -0.15) is 4.80 Å². The highest BCUT2D eigenvalue weighted by Crippen LogP contribution is 2.71. The summed E-state index contributed by atoms with van der Waals surface area (Å²) in [6.45, 7) is 3.51. The second kappa shape index (κ2) is 5.76. The van der Waals surface area contributed by atoms with Crippen molar-refractivity contribution in [2.75, 3.05) is 26.2 Å². The summed E-state index contributed by atoms with van der Waals surface area (Å²) in [4.78, 5) is 30.6. The predicted molar refractivity (Wildman–Crippen MR) is 91.7 cm³/mol. The van der Waals surface area contributed by atoms with Gasteiger partial charge in [0.2, 0.25) is 11.8 Å². The van der Waals surface area contributed by atoms with Crippen molar-refractivity contribution >= 4 is 11.8 Å². The molecule has 140 valence electrons. The van der Waals surface area contributed by atoms with Gasteiger partial charge in [-0.1, -0.05) is 0 Å². The maximum atomic E-state index is 12.8. The molecular formula is C18H26N6O2. The van der Waals surface area contributed by atoms with Gasteiger partial charge < -0.3 is 9.80 Å². The van der Waals surface area contributed by atoms with Gasteiger partial charge in [0, 0.05) is 32.1 Å². The smallest absolute Gasteiger partial charge is 0.246 e. The van der Waals surface area contributed by atoms with Crippen LogP contribution in [0.4, 0.5) is 0 Å². The molecule has 2 aliphatic carbocycles. The quantitative estimate of drug-likeness (QED) is 0.794. The van der Waals surface area contributed by atoms with Crippen molar-refractivity contribution in [3.8, 4) is 0 Å². The Bertz CT molecular complexity index is 705. The largest absolute Gasteiger partial charge is 0.342 e. The number of tetrazole rings is 1. The molecule has 2 aliphatic heterocycles. The molecular weight excluding hydrogens is 332 g/mol. The van der Waals surface area contributed by atoms with Gasteiger partial charge in [0.1, 0.15) is 6.54 Å². The molecule has 0 radical (unpaired) electrons. The van der Waals surface area contributed by atoms with Crippen LogP contribution in [0.15, 0.2) is 6.33 Å². The number of nitrogens with zero attached hydrogens (tertiary/aromatic N) is 6. The molecule has 1 unspecified atom stereocenters. The summed E-state index contributed by atoms with van der Waals surface area (Å²) < 4.78 is 0. The molecule has 2 amide bonds. The maximum Gasteiger partial charge on any atom is 0.246 e. The van der Waals surface area contributed by atoms with Crippen molar-refractivity contribution in [3.05, 3.63) is 6.33 Å². The Balaban J connectivity index is 1.17. The first-order valence-corrected chi connectivity index (χ1v) is 9.87. The van der Waals surface area contributed by atoms with Crippen LogP contribution >= 0.6 is 0 Å². The number of amides is 2. The van der Waals surface area contributed by atoms with Crippen LogP contribution in [0.1, 0.15) is 44.9 Å². The van der Waals surface area contributed by atoms with E-state index in [1.807, 2.05) is 4.90 Å². The van der Waals surface area contributed by atoms with Crippen molar-refractivity contribution in [1.82, 2.24) is 30.0 Å². The third kappa shape index (κ3) is 2.79. The van der Waals surface area contributed by atoms with Gasteiger partial charge in [-0.15, -0.1) is 10.2 Å². The molecule has 5 rings (SSSR count). The van der Waals surface area contributed by atoms with Gasteiger partial charge in [-0.3, -0.25) is 9.59 Å². The third-order valence-electron chi connectivity index (χ3n) is 7.20. The summed E-state index contributed by atoms with van der Waals surface area (Å²) in [5.74, 6) is 0.794. The fraction of sp³-hybridized carbons (Fsp3) is 0.833. The van der Waals surface area contributed by atoms with E-state index in [9.17, 15) is 9.59 Å². The molecule has 0 aromatic carbocycles. The number of hydrogen-bond donors (Lipinski definition) is 0. The molecule has 26 heavy (non-hydrogen) atoms. The van der Waals surface area contributed by atoms with E-state index in [1.54, 1.807) is 0 Å². The normalized spacial score (nSPS) is 28.4. The minimum Gasteiger partial charge on any atom is -0.342 e. The SMILES string of the molecule is O=C(Cn1ncnn1)N1CCC2(CCCN(C(=O)C3CC34CC4)C2)CC1. The molecule has 2 saturated heterocycles. The summed E-state index contributed by atoms with van der Waals surface area (Å²) in [7, 11) is 0. The average molecular weight is 358 g/mol. The van der Waals surface area contributed by atoms with Crippen LogP contribution < -0.4 is 0 Å². The standard InChI is InChI=1S/C18H26N6O2/c25-15(11-24-20-13-19-21-24)22-8-5-17(6-9-22)2-1-7-23(12-17)16(26)14-10-18(14)3-4-18/h13-14H,1-12H2. The second-order valence-corrected chi connectivity index (χ2v) is 8.83. The summed E-state index contributed by atoms with van der Waals surface area (Å²) in [6.07, 6.45) is 9.26. The number of carbonyl (C=O) groups excluding carboxylic acids is 2. The summed E-state index contributed by atoms with van der Waals surface area (Å²) in [5.41, 5.74) is 0.647. The molecule has 2 saturated carbocycles. The lowest BCUT2D eigenvalue weighted by atomic mass is 9.72. The van der Waals surface area contributed by atoms with Gasteiger partial charge in [0.15, 0.2) is 6.33 Å². The Hall–Kier alpha value is -1.99. The lowest BCUT2D eigenvalue weighted by Gasteiger charge is -2.47. The molecule has 0 bridgehead atoms. The first-order valence-electron chi connectivity index (χ1n) is 9.87. The fourth-order valence-electron chi connectivity index (χ4n) is 5.15. The molecule has 8 heteroatoms. The minimum atomic E-state index is 0.0512. The fourth-order valence-corrected chi connectivity index (χ4v) is 5.15. The Morgan fingerprint density at radius 2 is 1.85 bits per heavy atom. The maximum absolute atomic E-state index is 12.8. The monoisotopic (exact) mass is 358 g/mol. The summed E-state index contributed by atoms with van der Waals surface area (Å²) in [5, 5.41) is 11.3. The van der Waals surface area contributed by atoms with E-state index < -0.39 is 0 Å². The number of carbonyl (C=O) groups is 2. The number of rotatable bonds is 3. The topological polar surface area (TPSA) is 84.2 Å². The van der Waals surface area contributed by atoms with Crippen molar-refractivity contribution in [2.45, 2.75) is 51.5 Å². The molecule has 4 aliphatic rings. The number of piperidine rings is 2. The van der Waals surface area contributed by atoms with Crippen LogP contribution in [0.3, 0.4) is 0 Å². The predicted octanol–water partition coefficient (Wildman–Crippen LogP) is 0.704. The lowest BCUT2D eigenvalue weighted by molar-refractivity contribution is -0.141. The van der Waals surface area contributed by atoms with Crippen LogP contribution in [-0.4, -0.2) is 68.0 Å². The number of likely N-dealkylation sites (tertiary alicyclic amines) is 2. The van der Waals surface area contributed by atoms with E-state index in [-0.39, 0.29) is 17.9 Å². The van der Waals surface area contributed by atoms with Crippen molar-refractivity contribution in [2.24, 2.45) is 16.7 Å². The minimum absolute atomic E-state index is 0.0512. The highest BCUT2D eigenvalue weighted by atomic mass is 16.2. The van der Waals surface area contributed by atoms with Crippen molar-refractivity contribution in [1.29, 1.82) is 0 Å². The highest BCUT2D eigenvalue weighted by Gasteiger charge is 2.66. The Kier molecular flexibility index (Phi) is 3.59. The van der Waals surface area contributed by atoms with E-state index in [0.717, 1.165) is 51.9 Å². The van der Waals surface area contributed by atoms with Gasteiger partial charge in [0.05, 0.1) is 0 Å². The average Bonchev–Trinajstić information content (AvgIpc) is 3.53. The molecule has 1 aromatic rings. The summed E-state index contributed by atoms with van der Waals surface area (Å²) >= 11 is 0. The second-order valence-electron chi connectivity index (χ2n) is 8.83. The van der Waals surface area contributed by atoms with Crippen LogP contribution in [0, 0.1) is 16.7 Å². The van der Waals surface area contributed by atoms with Crippen LogP contribution in [-0.2, 0) is 16.1 Å². The molecule has 3 heterocycles. The molecule has 8 nitrogen and oxygen atoms in total. The van der Waals surface area contributed by atoms with Crippen molar-refractivity contribution < 1.29 is 9.59 Å². The Morgan fingerprint density at radius 3 is 2.50 bits per heavy atom. The molecule has 0 N–H and O–H groups in total. The highest BCUT2D eigenvalue weighted by molar-refractivity contribution is 5.83. The molecule has 1 atom stereocenters. The van der Waals surface area contributed by atoms with Gasteiger partial charge in [-0.05, 0) is 61.0 Å².